The lowest BCUT2D eigenvalue weighted by Gasteiger charge is -2.31. The summed E-state index contributed by atoms with van der Waals surface area (Å²) >= 11 is 0. The van der Waals surface area contributed by atoms with Crippen LogP contribution in [0.3, 0.4) is 0 Å². The van der Waals surface area contributed by atoms with E-state index in [0.717, 1.165) is 19.3 Å². The van der Waals surface area contributed by atoms with Gasteiger partial charge in [0.05, 0.1) is 13.2 Å². The van der Waals surface area contributed by atoms with Gasteiger partial charge in [-0.3, -0.25) is 0 Å². The molecule has 86 valence electrons. The minimum atomic E-state index is -0.313. The van der Waals surface area contributed by atoms with E-state index in [9.17, 15) is 10.2 Å². The van der Waals surface area contributed by atoms with Gasteiger partial charge in [0, 0.05) is 19.1 Å². The fourth-order valence-electron chi connectivity index (χ4n) is 1.90. The molecule has 0 bridgehead atoms. The van der Waals surface area contributed by atoms with E-state index in [1.165, 1.54) is 0 Å². The summed E-state index contributed by atoms with van der Waals surface area (Å²) in [6.45, 7) is 5.03. The third-order valence-electron chi connectivity index (χ3n) is 2.57. The van der Waals surface area contributed by atoms with Crippen molar-refractivity contribution in [2.75, 3.05) is 26.9 Å². The topological polar surface area (TPSA) is 49.7 Å². The van der Waals surface area contributed by atoms with Crippen LogP contribution in [0.15, 0.2) is 0 Å². The summed E-state index contributed by atoms with van der Waals surface area (Å²) in [5, 5.41) is 18.6. The highest BCUT2D eigenvalue weighted by molar-refractivity contribution is 4.79. The van der Waals surface area contributed by atoms with Crippen LogP contribution < -0.4 is 0 Å². The Bertz CT molecular complexity index is 130. The van der Waals surface area contributed by atoms with Gasteiger partial charge in [-0.15, -0.1) is 0 Å². The monoisotopic (exact) mass is 204 g/mol. The highest BCUT2D eigenvalue weighted by atomic mass is 16.5. The summed E-state index contributed by atoms with van der Waals surface area (Å²) in [5.41, 5.74) is -0.313. The molecule has 0 aromatic carbocycles. The lowest BCUT2D eigenvalue weighted by molar-refractivity contribution is 0.0224. The molecule has 3 heteroatoms. The molecular formula is C11H24O3. The van der Waals surface area contributed by atoms with Gasteiger partial charge in [-0.1, -0.05) is 13.8 Å². The molecule has 0 atom stereocenters. The predicted octanol–water partition coefficient (Wildman–Crippen LogP) is 1.43. The van der Waals surface area contributed by atoms with Gasteiger partial charge >= 0.3 is 0 Å². The molecule has 0 amide bonds. The van der Waals surface area contributed by atoms with E-state index in [2.05, 4.69) is 13.8 Å². The van der Waals surface area contributed by atoms with E-state index < -0.39 is 0 Å². The standard InChI is InChI=1S/C11H24O3/c1-10(2)7-11(8-12,9-13)5-4-6-14-3/h10,12-13H,4-9H2,1-3H3. The highest BCUT2D eigenvalue weighted by Crippen LogP contribution is 2.30. The van der Waals surface area contributed by atoms with Gasteiger partial charge in [0.2, 0.25) is 0 Å². The fourth-order valence-corrected chi connectivity index (χ4v) is 1.90. The van der Waals surface area contributed by atoms with Crippen LogP contribution >= 0.6 is 0 Å². The van der Waals surface area contributed by atoms with Gasteiger partial charge < -0.3 is 14.9 Å². The Labute approximate surface area is 87.1 Å². The van der Waals surface area contributed by atoms with Crippen LogP contribution in [0.1, 0.15) is 33.1 Å². The Hall–Kier alpha value is -0.120. The lowest BCUT2D eigenvalue weighted by Crippen LogP contribution is -2.31. The first-order valence-corrected chi connectivity index (χ1v) is 5.31. The van der Waals surface area contributed by atoms with Crippen molar-refractivity contribution in [1.82, 2.24) is 0 Å². The number of methoxy groups -OCH3 is 1. The molecule has 0 spiro atoms. The van der Waals surface area contributed by atoms with Gasteiger partial charge in [-0.2, -0.15) is 0 Å². The first-order chi connectivity index (χ1) is 6.60. The third-order valence-corrected chi connectivity index (χ3v) is 2.57. The van der Waals surface area contributed by atoms with E-state index in [4.69, 9.17) is 4.74 Å². The van der Waals surface area contributed by atoms with Gasteiger partial charge in [0.1, 0.15) is 0 Å². The van der Waals surface area contributed by atoms with Gasteiger partial charge in [0.25, 0.3) is 0 Å². The minimum absolute atomic E-state index is 0.0609. The van der Waals surface area contributed by atoms with E-state index >= 15 is 0 Å². The molecule has 0 rings (SSSR count). The van der Waals surface area contributed by atoms with Gasteiger partial charge in [0.15, 0.2) is 0 Å². The van der Waals surface area contributed by atoms with Crippen molar-refractivity contribution >= 4 is 0 Å². The van der Waals surface area contributed by atoms with E-state index in [1.54, 1.807) is 7.11 Å². The Morgan fingerprint density at radius 2 is 1.79 bits per heavy atom. The second kappa shape index (κ2) is 7.21. The van der Waals surface area contributed by atoms with E-state index in [1.807, 2.05) is 0 Å². The first-order valence-electron chi connectivity index (χ1n) is 5.31. The Kier molecular flexibility index (Phi) is 7.15. The number of ether oxygens (including phenoxy) is 1. The van der Waals surface area contributed by atoms with Gasteiger partial charge in [-0.25, -0.2) is 0 Å². The molecule has 0 aromatic heterocycles. The van der Waals surface area contributed by atoms with Crippen molar-refractivity contribution in [3.8, 4) is 0 Å². The summed E-state index contributed by atoms with van der Waals surface area (Å²) in [6.07, 6.45) is 2.58. The molecule has 0 radical (unpaired) electrons. The Balaban J connectivity index is 4.07. The molecule has 0 fully saturated rings. The molecule has 0 heterocycles. The zero-order valence-electron chi connectivity index (χ0n) is 9.62. The Morgan fingerprint density at radius 1 is 1.21 bits per heavy atom. The second-order valence-corrected chi connectivity index (χ2v) is 4.51. The molecule has 0 aliphatic carbocycles. The largest absolute Gasteiger partial charge is 0.396 e. The molecular weight excluding hydrogens is 180 g/mol. The van der Waals surface area contributed by atoms with E-state index in [-0.39, 0.29) is 18.6 Å². The number of aliphatic hydroxyl groups excluding tert-OH is 2. The number of rotatable bonds is 8. The molecule has 0 aliphatic heterocycles. The van der Waals surface area contributed by atoms with Crippen LogP contribution in [0, 0.1) is 11.3 Å². The average molecular weight is 204 g/mol. The normalized spacial score (nSPS) is 12.4. The number of hydrogen-bond donors (Lipinski definition) is 2. The third kappa shape index (κ3) is 4.94. The molecule has 0 saturated heterocycles. The summed E-state index contributed by atoms with van der Waals surface area (Å²) in [5.74, 6) is 0.497. The van der Waals surface area contributed by atoms with Gasteiger partial charge in [-0.05, 0) is 25.2 Å². The lowest BCUT2D eigenvalue weighted by atomic mass is 9.78. The molecule has 0 aliphatic rings. The summed E-state index contributed by atoms with van der Waals surface area (Å²) in [6, 6.07) is 0. The molecule has 2 N–H and O–H groups in total. The van der Waals surface area contributed by atoms with Crippen LogP contribution in [0.2, 0.25) is 0 Å². The first kappa shape index (κ1) is 13.9. The summed E-state index contributed by atoms with van der Waals surface area (Å²) < 4.78 is 4.97. The zero-order valence-corrected chi connectivity index (χ0v) is 9.62. The summed E-state index contributed by atoms with van der Waals surface area (Å²) in [4.78, 5) is 0. The smallest absolute Gasteiger partial charge is 0.0509 e. The van der Waals surface area contributed by atoms with Crippen LogP contribution in [0.5, 0.6) is 0 Å². The second-order valence-electron chi connectivity index (χ2n) is 4.51. The molecule has 0 saturated carbocycles. The average Bonchev–Trinajstić information content (AvgIpc) is 2.16. The highest BCUT2D eigenvalue weighted by Gasteiger charge is 2.28. The number of hydrogen-bond acceptors (Lipinski definition) is 3. The van der Waals surface area contributed by atoms with Crippen LogP contribution in [-0.2, 0) is 4.74 Å². The van der Waals surface area contributed by atoms with Crippen LogP contribution in [0.25, 0.3) is 0 Å². The van der Waals surface area contributed by atoms with Crippen molar-refractivity contribution in [1.29, 1.82) is 0 Å². The fraction of sp³-hybridized carbons (Fsp3) is 1.00. The van der Waals surface area contributed by atoms with Crippen molar-refractivity contribution < 1.29 is 14.9 Å². The molecule has 0 unspecified atom stereocenters. The summed E-state index contributed by atoms with van der Waals surface area (Å²) in [7, 11) is 1.67. The Morgan fingerprint density at radius 3 is 2.14 bits per heavy atom. The number of aliphatic hydroxyl groups is 2. The van der Waals surface area contributed by atoms with Crippen molar-refractivity contribution in [3.63, 3.8) is 0 Å². The SMILES string of the molecule is COCCCC(CO)(CO)CC(C)C. The zero-order chi connectivity index (χ0) is 11.0. The van der Waals surface area contributed by atoms with E-state index in [0.29, 0.717) is 12.5 Å². The quantitative estimate of drug-likeness (QED) is 0.588. The van der Waals surface area contributed by atoms with Crippen molar-refractivity contribution in [2.24, 2.45) is 11.3 Å². The van der Waals surface area contributed by atoms with Crippen molar-refractivity contribution in [2.45, 2.75) is 33.1 Å². The van der Waals surface area contributed by atoms with Crippen LogP contribution in [0.4, 0.5) is 0 Å². The molecule has 3 nitrogen and oxygen atoms in total. The maximum absolute atomic E-state index is 9.32. The predicted molar refractivity (Wildman–Crippen MR) is 57.2 cm³/mol. The maximum Gasteiger partial charge on any atom is 0.0509 e. The minimum Gasteiger partial charge on any atom is -0.396 e. The van der Waals surface area contributed by atoms with Crippen molar-refractivity contribution in [3.05, 3.63) is 0 Å². The molecule has 0 aromatic rings. The van der Waals surface area contributed by atoms with Crippen LogP contribution in [-0.4, -0.2) is 37.1 Å². The maximum atomic E-state index is 9.32. The molecule has 14 heavy (non-hydrogen) atoms.